The standard InChI is InChI=1S/C21H30N4O2/c1-14(2)20(26)25-11-9-16(10-12-25)24-21(22-4)23-13-19-15(3)17-7-5-6-8-18(17)27-19/h5-8,14,16H,9-13H2,1-4H3,(H2,22,23,24). The van der Waals surface area contributed by atoms with Gasteiger partial charge in [0.15, 0.2) is 5.96 Å². The van der Waals surface area contributed by atoms with Crippen LogP contribution in [0.2, 0.25) is 0 Å². The maximum absolute atomic E-state index is 12.1. The van der Waals surface area contributed by atoms with E-state index in [9.17, 15) is 4.79 Å². The number of nitrogens with zero attached hydrogens (tertiary/aromatic N) is 2. The summed E-state index contributed by atoms with van der Waals surface area (Å²) >= 11 is 0. The SMILES string of the molecule is CN=C(NCc1oc2ccccc2c1C)NC1CCN(C(=O)C(C)C)CC1. The fraction of sp³-hybridized carbons (Fsp3) is 0.524. The number of benzene rings is 1. The zero-order valence-electron chi connectivity index (χ0n) is 16.7. The van der Waals surface area contributed by atoms with Crippen molar-refractivity contribution in [1.82, 2.24) is 15.5 Å². The van der Waals surface area contributed by atoms with Gasteiger partial charge in [0.25, 0.3) is 0 Å². The van der Waals surface area contributed by atoms with Gasteiger partial charge in [-0.2, -0.15) is 0 Å². The molecule has 1 amide bonds. The highest BCUT2D eigenvalue weighted by molar-refractivity contribution is 5.83. The summed E-state index contributed by atoms with van der Waals surface area (Å²) in [6.07, 6.45) is 1.87. The molecule has 1 aliphatic heterocycles. The third-order valence-electron chi connectivity index (χ3n) is 5.22. The van der Waals surface area contributed by atoms with Gasteiger partial charge in [0, 0.05) is 43.0 Å². The number of rotatable bonds is 4. The first-order valence-electron chi connectivity index (χ1n) is 9.72. The molecule has 0 bridgehead atoms. The summed E-state index contributed by atoms with van der Waals surface area (Å²) in [5.74, 6) is 2.01. The van der Waals surface area contributed by atoms with E-state index in [0.29, 0.717) is 12.6 Å². The zero-order chi connectivity index (χ0) is 19.4. The number of carbonyl (C=O) groups excluding carboxylic acids is 1. The normalized spacial score (nSPS) is 16.2. The molecule has 0 saturated carbocycles. The van der Waals surface area contributed by atoms with Crippen LogP contribution >= 0.6 is 0 Å². The molecular weight excluding hydrogens is 340 g/mol. The number of hydrogen-bond donors (Lipinski definition) is 2. The lowest BCUT2D eigenvalue weighted by molar-refractivity contribution is -0.135. The summed E-state index contributed by atoms with van der Waals surface area (Å²) in [4.78, 5) is 18.4. The van der Waals surface area contributed by atoms with E-state index in [2.05, 4.69) is 28.6 Å². The zero-order valence-corrected chi connectivity index (χ0v) is 16.7. The van der Waals surface area contributed by atoms with Gasteiger partial charge in [0.05, 0.1) is 6.54 Å². The number of hydrogen-bond acceptors (Lipinski definition) is 3. The molecule has 1 saturated heterocycles. The molecule has 0 radical (unpaired) electrons. The van der Waals surface area contributed by atoms with Crippen molar-refractivity contribution in [2.24, 2.45) is 10.9 Å². The van der Waals surface area contributed by atoms with Gasteiger partial charge in [0.1, 0.15) is 11.3 Å². The van der Waals surface area contributed by atoms with Gasteiger partial charge >= 0.3 is 0 Å². The maximum Gasteiger partial charge on any atom is 0.225 e. The van der Waals surface area contributed by atoms with Crippen LogP contribution in [0.25, 0.3) is 11.0 Å². The van der Waals surface area contributed by atoms with Crippen LogP contribution in [-0.2, 0) is 11.3 Å². The number of aliphatic imine (C=N–C) groups is 1. The highest BCUT2D eigenvalue weighted by Gasteiger charge is 2.24. The molecule has 146 valence electrons. The van der Waals surface area contributed by atoms with E-state index < -0.39 is 0 Å². The van der Waals surface area contributed by atoms with Crippen molar-refractivity contribution in [2.75, 3.05) is 20.1 Å². The van der Waals surface area contributed by atoms with Gasteiger partial charge in [-0.3, -0.25) is 9.79 Å². The second kappa shape index (κ2) is 8.46. The average Bonchev–Trinajstić information content (AvgIpc) is 3.01. The lowest BCUT2D eigenvalue weighted by atomic mass is 10.0. The largest absolute Gasteiger partial charge is 0.459 e. The van der Waals surface area contributed by atoms with Crippen molar-refractivity contribution in [3.63, 3.8) is 0 Å². The van der Waals surface area contributed by atoms with Crippen LogP contribution in [-0.4, -0.2) is 42.9 Å². The molecule has 1 aromatic carbocycles. The van der Waals surface area contributed by atoms with Crippen molar-refractivity contribution in [3.05, 3.63) is 35.6 Å². The Kier molecular flexibility index (Phi) is 6.04. The molecule has 6 nitrogen and oxygen atoms in total. The van der Waals surface area contributed by atoms with Crippen molar-refractivity contribution in [1.29, 1.82) is 0 Å². The van der Waals surface area contributed by atoms with E-state index in [0.717, 1.165) is 54.2 Å². The van der Waals surface area contributed by atoms with Gasteiger partial charge < -0.3 is 20.0 Å². The molecule has 1 aromatic heterocycles. The minimum atomic E-state index is 0.0657. The lowest BCUT2D eigenvalue weighted by Gasteiger charge is -2.34. The fourth-order valence-corrected chi connectivity index (χ4v) is 3.55. The Morgan fingerprint density at radius 1 is 1.30 bits per heavy atom. The number of fused-ring (bicyclic) bond motifs is 1. The van der Waals surface area contributed by atoms with Gasteiger partial charge in [-0.1, -0.05) is 32.0 Å². The van der Waals surface area contributed by atoms with Crippen LogP contribution in [0.4, 0.5) is 0 Å². The van der Waals surface area contributed by atoms with E-state index in [1.165, 1.54) is 0 Å². The van der Waals surface area contributed by atoms with Crippen molar-refractivity contribution >= 4 is 22.8 Å². The minimum absolute atomic E-state index is 0.0657. The minimum Gasteiger partial charge on any atom is -0.459 e. The Bertz CT molecular complexity index is 817. The van der Waals surface area contributed by atoms with Crippen molar-refractivity contribution in [2.45, 2.75) is 46.2 Å². The van der Waals surface area contributed by atoms with E-state index in [-0.39, 0.29) is 11.8 Å². The number of piperidine rings is 1. The van der Waals surface area contributed by atoms with Crippen LogP contribution in [0.15, 0.2) is 33.7 Å². The Morgan fingerprint density at radius 3 is 2.63 bits per heavy atom. The van der Waals surface area contributed by atoms with Gasteiger partial charge in [0.2, 0.25) is 5.91 Å². The summed E-state index contributed by atoms with van der Waals surface area (Å²) in [5.41, 5.74) is 2.07. The molecule has 2 aromatic rings. The van der Waals surface area contributed by atoms with Gasteiger partial charge in [-0.15, -0.1) is 0 Å². The number of likely N-dealkylation sites (tertiary alicyclic amines) is 1. The van der Waals surface area contributed by atoms with Crippen LogP contribution in [0.3, 0.4) is 0 Å². The highest BCUT2D eigenvalue weighted by atomic mass is 16.3. The molecule has 0 atom stereocenters. The summed E-state index contributed by atoms with van der Waals surface area (Å²) in [7, 11) is 1.78. The predicted octanol–water partition coefficient (Wildman–Crippen LogP) is 3.05. The highest BCUT2D eigenvalue weighted by Crippen LogP contribution is 2.24. The molecule has 0 aliphatic carbocycles. The molecular formula is C21H30N4O2. The lowest BCUT2D eigenvalue weighted by Crippen LogP contribution is -2.50. The average molecular weight is 370 g/mol. The summed E-state index contributed by atoms with van der Waals surface area (Å²) in [5, 5.41) is 7.98. The quantitative estimate of drug-likeness (QED) is 0.641. The van der Waals surface area contributed by atoms with Crippen LogP contribution in [0, 0.1) is 12.8 Å². The first-order chi connectivity index (χ1) is 13.0. The predicted molar refractivity (Wildman–Crippen MR) is 109 cm³/mol. The number of furan rings is 1. The van der Waals surface area contributed by atoms with Crippen LogP contribution in [0.5, 0.6) is 0 Å². The number of carbonyl (C=O) groups is 1. The molecule has 6 heteroatoms. The third-order valence-corrected chi connectivity index (χ3v) is 5.22. The van der Waals surface area contributed by atoms with E-state index in [4.69, 9.17) is 4.42 Å². The Hall–Kier alpha value is -2.50. The van der Waals surface area contributed by atoms with Gasteiger partial charge in [-0.05, 0) is 25.8 Å². The molecule has 3 rings (SSSR count). The number of amides is 1. The van der Waals surface area contributed by atoms with Crippen molar-refractivity contribution in [3.8, 4) is 0 Å². The number of para-hydroxylation sites is 1. The van der Waals surface area contributed by atoms with Crippen LogP contribution < -0.4 is 10.6 Å². The van der Waals surface area contributed by atoms with Crippen LogP contribution in [0.1, 0.15) is 38.0 Å². The topological polar surface area (TPSA) is 69.9 Å². The second-order valence-corrected chi connectivity index (χ2v) is 7.47. The summed E-state index contributed by atoms with van der Waals surface area (Å²) in [6.45, 7) is 8.19. The molecule has 2 heterocycles. The van der Waals surface area contributed by atoms with E-state index in [1.807, 2.05) is 36.9 Å². The Balaban J connectivity index is 1.53. The Morgan fingerprint density at radius 2 is 2.00 bits per heavy atom. The Labute approximate surface area is 161 Å². The number of guanidine groups is 1. The second-order valence-electron chi connectivity index (χ2n) is 7.47. The molecule has 1 fully saturated rings. The first kappa shape index (κ1) is 19.3. The van der Waals surface area contributed by atoms with Crippen molar-refractivity contribution < 1.29 is 9.21 Å². The van der Waals surface area contributed by atoms with E-state index >= 15 is 0 Å². The third kappa shape index (κ3) is 4.43. The molecule has 27 heavy (non-hydrogen) atoms. The molecule has 0 unspecified atom stereocenters. The summed E-state index contributed by atoms with van der Waals surface area (Å²) in [6, 6.07) is 8.41. The van der Waals surface area contributed by atoms with E-state index in [1.54, 1.807) is 7.05 Å². The molecule has 1 aliphatic rings. The fourth-order valence-electron chi connectivity index (χ4n) is 3.55. The number of aryl methyl sites for hydroxylation is 1. The first-order valence-corrected chi connectivity index (χ1v) is 9.72. The molecule has 2 N–H and O–H groups in total. The molecule has 0 spiro atoms. The smallest absolute Gasteiger partial charge is 0.225 e. The monoisotopic (exact) mass is 370 g/mol. The van der Waals surface area contributed by atoms with Gasteiger partial charge in [-0.25, -0.2) is 0 Å². The maximum atomic E-state index is 12.1. The summed E-state index contributed by atoms with van der Waals surface area (Å²) < 4.78 is 5.96. The number of nitrogens with one attached hydrogen (secondary N) is 2.